The summed E-state index contributed by atoms with van der Waals surface area (Å²) >= 11 is 0. The summed E-state index contributed by atoms with van der Waals surface area (Å²) in [5, 5.41) is 2.96. The van der Waals surface area contributed by atoms with Gasteiger partial charge >= 0.3 is 0 Å². The molecule has 0 fully saturated rings. The van der Waals surface area contributed by atoms with Crippen molar-refractivity contribution in [2.45, 2.75) is 26.8 Å². The minimum Gasteiger partial charge on any atom is -0.378 e. The first-order valence-corrected chi connectivity index (χ1v) is 6.67. The molecule has 0 aliphatic rings. The molecule has 0 saturated heterocycles. The SMILES string of the molecule is CCC(C)(CN)C(=O)NCc1ccc(N(C)C)cc1. The van der Waals surface area contributed by atoms with E-state index in [4.69, 9.17) is 5.73 Å². The molecule has 0 aromatic heterocycles. The van der Waals surface area contributed by atoms with E-state index in [0.717, 1.165) is 17.7 Å². The van der Waals surface area contributed by atoms with Gasteiger partial charge < -0.3 is 16.0 Å². The largest absolute Gasteiger partial charge is 0.378 e. The summed E-state index contributed by atoms with van der Waals surface area (Å²) in [5.74, 6) is 0.0224. The third-order valence-electron chi connectivity index (χ3n) is 3.68. The Morgan fingerprint density at radius 3 is 2.32 bits per heavy atom. The second-order valence-corrected chi connectivity index (χ2v) is 5.36. The summed E-state index contributed by atoms with van der Waals surface area (Å²) in [7, 11) is 4.01. The van der Waals surface area contributed by atoms with Gasteiger partial charge in [-0.3, -0.25) is 4.79 Å². The van der Waals surface area contributed by atoms with Crippen molar-refractivity contribution >= 4 is 11.6 Å². The number of carbonyl (C=O) groups is 1. The lowest BCUT2D eigenvalue weighted by Crippen LogP contribution is -2.43. The number of carbonyl (C=O) groups excluding carboxylic acids is 1. The van der Waals surface area contributed by atoms with Gasteiger partial charge in [0, 0.05) is 32.9 Å². The molecule has 0 radical (unpaired) electrons. The molecule has 0 aliphatic heterocycles. The Morgan fingerprint density at radius 1 is 1.32 bits per heavy atom. The number of hydrogen-bond acceptors (Lipinski definition) is 3. The molecule has 1 aromatic carbocycles. The van der Waals surface area contributed by atoms with Gasteiger partial charge in [-0.15, -0.1) is 0 Å². The minimum atomic E-state index is -0.469. The van der Waals surface area contributed by atoms with Gasteiger partial charge in [0.25, 0.3) is 0 Å². The fourth-order valence-electron chi connectivity index (χ4n) is 1.71. The normalized spacial score (nSPS) is 13.7. The average molecular weight is 263 g/mol. The first-order chi connectivity index (χ1) is 8.92. The van der Waals surface area contributed by atoms with Crippen LogP contribution >= 0.6 is 0 Å². The maximum absolute atomic E-state index is 12.1. The molecule has 1 amide bonds. The third kappa shape index (κ3) is 3.96. The number of amides is 1. The van der Waals surface area contributed by atoms with Gasteiger partial charge in [-0.2, -0.15) is 0 Å². The molecule has 1 atom stereocenters. The number of nitrogens with two attached hydrogens (primary N) is 1. The first-order valence-electron chi connectivity index (χ1n) is 6.67. The fourth-order valence-corrected chi connectivity index (χ4v) is 1.71. The number of hydrogen-bond donors (Lipinski definition) is 2. The highest BCUT2D eigenvalue weighted by Gasteiger charge is 2.29. The smallest absolute Gasteiger partial charge is 0.227 e. The van der Waals surface area contributed by atoms with E-state index in [1.165, 1.54) is 0 Å². The van der Waals surface area contributed by atoms with Crippen LogP contribution < -0.4 is 16.0 Å². The number of benzene rings is 1. The number of anilines is 1. The van der Waals surface area contributed by atoms with E-state index in [-0.39, 0.29) is 5.91 Å². The first kappa shape index (κ1) is 15.5. The summed E-state index contributed by atoms with van der Waals surface area (Å²) in [6.45, 7) is 4.80. The Kier molecular flexibility index (Phi) is 5.36. The molecule has 3 N–H and O–H groups in total. The van der Waals surface area contributed by atoms with Gasteiger partial charge in [0.05, 0.1) is 5.41 Å². The van der Waals surface area contributed by atoms with Crippen molar-refractivity contribution in [3.63, 3.8) is 0 Å². The zero-order chi connectivity index (χ0) is 14.5. The van der Waals surface area contributed by atoms with Gasteiger partial charge in [0.2, 0.25) is 5.91 Å². The Hall–Kier alpha value is -1.55. The Morgan fingerprint density at radius 2 is 1.89 bits per heavy atom. The van der Waals surface area contributed by atoms with E-state index in [1.54, 1.807) is 0 Å². The highest BCUT2D eigenvalue weighted by atomic mass is 16.2. The van der Waals surface area contributed by atoms with Crippen molar-refractivity contribution in [1.29, 1.82) is 0 Å². The second-order valence-electron chi connectivity index (χ2n) is 5.36. The predicted octanol–water partition coefficient (Wildman–Crippen LogP) is 1.74. The standard InChI is InChI=1S/C15H25N3O/c1-5-15(2,11-16)14(19)17-10-12-6-8-13(9-7-12)18(3)4/h6-9H,5,10-11,16H2,1-4H3,(H,17,19). The zero-order valence-electron chi connectivity index (χ0n) is 12.4. The van der Waals surface area contributed by atoms with E-state index < -0.39 is 5.41 Å². The third-order valence-corrected chi connectivity index (χ3v) is 3.68. The molecule has 0 saturated carbocycles. The molecule has 1 rings (SSSR count). The van der Waals surface area contributed by atoms with Crippen LogP contribution in [0.2, 0.25) is 0 Å². The van der Waals surface area contributed by atoms with E-state index >= 15 is 0 Å². The van der Waals surface area contributed by atoms with Crippen molar-refractivity contribution in [2.24, 2.45) is 11.1 Å². The maximum atomic E-state index is 12.1. The summed E-state index contributed by atoms with van der Waals surface area (Å²) in [6.07, 6.45) is 0.745. The molecule has 0 bridgehead atoms. The van der Waals surface area contributed by atoms with E-state index in [0.29, 0.717) is 13.1 Å². The molecule has 19 heavy (non-hydrogen) atoms. The van der Waals surface area contributed by atoms with Crippen LogP contribution in [0.5, 0.6) is 0 Å². The predicted molar refractivity (Wildman–Crippen MR) is 80.1 cm³/mol. The summed E-state index contributed by atoms with van der Waals surface area (Å²) in [4.78, 5) is 14.1. The summed E-state index contributed by atoms with van der Waals surface area (Å²) in [5.41, 5.74) is 7.45. The molecular weight excluding hydrogens is 238 g/mol. The van der Waals surface area contributed by atoms with Crippen molar-refractivity contribution < 1.29 is 4.79 Å². The second kappa shape index (κ2) is 6.57. The topological polar surface area (TPSA) is 58.4 Å². The monoisotopic (exact) mass is 263 g/mol. The minimum absolute atomic E-state index is 0.0224. The van der Waals surface area contributed by atoms with Crippen molar-refractivity contribution in [1.82, 2.24) is 5.32 Å². The highest BCUT2D eigenvalue weighted by molar-refractivity contribution is 5.82. The van der Waals surface area contributed by atoms with E-state index in [2.05, 4.69) is 5.32 Å². The Bertz CT molecular complexity index is 408. The molecule has 106 valence electrons. The van der Waals surface area contributed by atoms with E-state index in [1.807, 2.05) is 57.1 Å². The van der Waals surface area contributed by atoms with Crippen LogP contribution in [0.1, 0.15) is 25.8 Å². The molecule has 1 unspecified atom stereocenters. The van der Waals surface area contributed by atoms with Crippen molar-refractivity contribution in [3.05, 3.63) is 29.8 Å². The average Bonchev–Trinajstić information content (AvgIpc) is 2.44. The number of nitrogens with zero attached hydrogens (tertiary/aromatic N) is 1. The van der Waals surface area contributed by atoms with Crippen LogP contribution in [0, 0.1) is 5.41 Å². The van der Waals surface area contributed by atoms with E-state index in [9.17, 15) is 4.79 Å². The van der Waals surface area contributed by atoms with Crippen LogP contribution in [0.25, 0.3) is 0 Å². The Balaban J connectivity index is 2.60. The van der Waals surface area contributed by atoms with Gasteiger partial charge in [-0.25, -0.2) is 0 Å². The van der Waals surface area contributed by atoms with Crippen LogP contribution in [0.4, 0.5) is 5.69 Å². The quantitative estimate of drug-likeness (QED) is 0.822. The maximum Gasteiger partial charge on any atom is 0.227 e. The Labute approximate surface area is 116 Å². The van der Waals surface area contributed by atoms with Gasteiger partial charge in [0.15, 0.2) is 0 Å². The summed E-state index contributed by atoms with van der Waals surface area (Å²) < 4.78 is 0. The molecule has 1 aromatic rings. The van der Waals surface area contributed by atoms with Crippen LogP contribution in [-0.4, -0.2) is 26.5 Å². The zero-order valence-corrected chi connectivity index (χ0v) is 12.4. The van der Waals surface area contributed by atoms with Crippen molar-refractivity contribution in [2.75, 3.05) is 25.5 Å². The lowest BCUT2D eigenvalue weighted by atomic mass is 9.86. The van der Waals surface area contributed by atoms with Gasteiger partial charge in [-0.1, -0.05) is 19.1 Å². The summed E-state index contributed by atoms with van der Waals surface area (Å²) in [6, 6.07) is 8.15. The number of rotatable bonds is 6. The molecule has 0 heterocycles. The molecule has 0 spiro atoms. The molecule has 0 aliphatic carbocycles. The molecule has 4 nitrogen and oxygen atoms in total. The fraction of sp³-hybridized carbons (Fsp3) is 0.533. The molecular formula is C15H25N3O. The van der Waals surface area contributed by atoms with Crippen molar-refractivity contribution in [3.8, 4) is 0 Å². The van der Waals surface area contributed by atoms with Crippen LogP contribution in [0.3, 0.4) is 0 Å². The molecule has 4 heteroatoms. The van der Waals surface area contributed by atoms with Gasteiger partial charge in [-0.05, 0) is 31.0 Å². The lowest BCUT2D eigenvalue weighted by molar-refractivity contribution is -0.130. The highest BCUT2D eigenvalue weighted by Crippen LogP contribution is 2.19. The number of nitrogens with one attached hydrogen (secondary N) is 1. The van der Waals surface area contributed by atoms with Gasteiger partial charge in [0.1, 0.15) is 0 Å². The lowest BCUT2D eigenvalue weighted by Gasteiger charge is -2.25. The van der Waals surface area contributed by atoms with Crippen LogP contribution in [-0.2, 0) is 11.3 Å². The van der Waals surface area contributed by atoms with Crippen LogP contribution in [0.15, 0.2) is 24.3 Å².